The van der Waals surface area contributed by atoms with E-state index in [1.807, 2.05) is 11.6 Å². The highest BCUT2D eigenvalue weighted by Gasteiger charge is 2.35. The fourth-order valence-electron chi connectivity index (χ4n) is 4.52. The molecular formula is C22H24F3N5O2. The lowest BCUT2D eigenvalue weighted by Crippen LogP contribution is -2.54. The first-order valence-corrected chi connectivity index (χ1v) is 10.8. The number of hydrogen-bond donors (Lipinski definition) is 1. The van der Waals surface area contributed by atoms with Crippen LogP contribution in [0.3, 0.4) is 0 Å². The fourth-order valence-corrected chi connectivity index (χ4v) is 4.52. The number of fused-ring (bicyclic) bond motifs is 1. The Bertz CT molecular complexity index is 1160. The van der Waals surface area contributed by atoms with Gasteiger partial charge >= 0.3 is 6.18 Å². The number of benzene rings is 1. The van der Waals surface area contributed by atoms with E-state index in [9.17, 15) is 18.0 Å². The summed E-state index contributed by atoms with van der Waals surface area (Å²) in [6.07, 6.45) is 1.51. The SMILES string of the molecule is CC(c1nc2c(cnn2C2CCCC2)c(=O)[nH]1)N1CC(Oc2ccc(C(F)(F)F)cc2)C1. The van der Waals surface area contributed by atoms with E-state index in [0.717, 1.165) is 37.8 Å². The van der Waals surface area contributed by atoms with Crippen LogP contribution in [0.1, 0.15) is 56.1 Å². The van der Waals surface area contributed by atoms with Crippen LogP contribution in [-0.2, 0) is 6.18 Å². The Morgan fingerprint density at radius 1 is 1.16 bits per heavy atom. The molecule has 5 rings (SSSR count). The van der Waals surface area contributed by atoms with Crippen LogP contribution in [-0.4, -0.2) is 43.8 Å². The molecule has 1 atom stereocenters. The van der Waals surface area contributed by atoms with E-state index < -0.39 is 11.7 Å². The molecule has 1 aliphatic carbocycles. The molecule has 10 heteroatoms. The first-order valence-electron chi connectivity index (χ1n) is 10.8. The number of aromatic amines is 1. The Morgan fingerprint density at radius 2 is 1.84 bits per heavy atom. The van der Waals surface area contributed by atoms with Gasteiger partial charge in [-0.05, 0) is 44.0 Å². The van der Waals surface area contributed by atoms with Crippen LogP contribution in [0.15, 0.2) is 35.3 Å². The summed E-state index contributed by atoms with van der Waals surface area (Å²) in [6.45, 7) is 3.15. The lowest BCUT2D eigenvalue weighted by molar-refractivity contribution is -0.137. The van der Waals surface area contributed by atoms with Gasteiger partial charge in [0.15, 0.2) is 5.65 Å². The van der Waals surface area contributed by atoms with Gasteiger partial charge in [0.2, 0.25) is 0 Å². The van der Waals surface area contributed by atoms with Crippen molar-refractivity contribution in [2.75, 3.05) is 13.1 Å². The minimum Gasteiger partial charge on any atom is -0.488 e. The Hall–Kier alpha value is -2.88. The van der Waals surface area contributed by atoms with Crippen molar-refractivity contribution in [1.29, 1.82) is 0 Å². The molecule has 1 aromatic carbocycles. The van der Waals surface area contributed by atoms with Crippen LogP contribution in [0.5, 0.6) is 5.75 Å². The predicted molar refractivity (Wildman–Crippen MR) is 112 cm³/mol. The highest BCUT2D eigenvalue weighted by atomic mass is 19.4. The van der Waals surface area contributed by atoms with Gasteiger partial charge in [-0.3, -0.25) is 9.69 Å². The van der Waals surface area contributed by atoms with Gasteiger partial charge in [-0.2, -0.15) is 18.3 Å². The van der Waals surface area contributed by atoms with Crippen molar-refractivity contribution in [3.8, 4) is 5.75 Å². The normalized spacial score (nSPS) is 19.4. The third kappa shape index (κ3) is 3.87. The predicted octanol–water partition coefficient (Wildman–Crippen LogP) is 4.08. The minimum atomic E-state index is -4.36. The van der Waals surface area contributed by atoms with Crippen molar-refractivity contribution in [3.05, 3.63) is 52.2 Å². The lowest BCUT2D eigenvalue weighted by Gasteiger charge is -2.42. The summed E-state index contributed by atoms with van der Waals surface area (Å²) in [5.41, 5.74) is -0.268. The molecule has 1 aliphatic heterocycles. The maximum atomic E-state index is 12.7. The monoisotopic (exact) mass is 447 g/mol. The number of ether oxygens (including phenoxy) is 1. The first kappa shape index (κ1) is 21.0. The third-order valence-electron chi connectivity index (χ3n) is 6.46. The van der Waals surface area contributed by atoms with Crippen LogP contribution in [0.25, 0.3) is 11.0 Å². The van der Waals surface area contributed by atoms with Crippen molar-refractivity contribution >= 4 is 11.0 Å². The first-order chi connectivity index (χ1) is 15.3. The minimum absolute atomic E-state index is 0.131. The Balaban J connectivity index is 1.26. The van der Waals surface area contributed by atoms with Gasteiger partial charge in [0, 0.05) is 13.1 Å². The van der Waals surface area contributed by atoms with Crippen LogP contribution in [0, 0.1) is 0 Å². The summed E-state index contributed by atoms with van der Waals surface area (Å²) in [5.74, 6) is 0.985. The Morgan fingerprint density at radius 3 is 2.50 bits per heavy atom. The smallest absolute Gasteiger partial charge is 0.416 e. The fraction of sp³-hybridized carbons (Fsp3) is 0.500. The molecule has 1 unspecified atom stereocenters. The molecule has 170 valence electrons. The van der Waals surface area contributed by atoms with E-state index in [-0.39, 0.29) is 23.7 Å². The topological polar surface area (TPSA) is 76.0 Å². The average molecular weight is 447 g/mol. The molecular weight excluding hydrogens is 423 g/mol. The highest BCUT2D eigenvalue weighted by Crippen LogP contribution is 2.33. The van der Waals surface area contributed by atoms with Crippen LogP contribution >= 0.6 is 0 Å². The lowest BCUT2D eigenvalue weighted by atomic mass is 10.1. The highest BCUT2D eigenvalue weighted by molar-refractivity contribution is 5.73. The van der Waals surface area contributed by atoms with Gasteiger partial charge in [-0.1, -0.05) is 12.8 Å². The standard InChI is InChI=1S/C22H24F3N5O2/c1-13(29-11-17(12-29)32-16-8-6-14(7-9-16)22(23,24)25)19-27-20-18(21(31)28-19)10-26-30(20)15-4-2-3-5-15/h6-10,13,15,17H,2-5,11-12H2,1H3,(H,27,28,31). The van der Waals surface area contributed by atoms with E-state index >= 15 is 0 Å². The number of likely N-dealkylation sites (tertiary alicyclic amines) is 1. The zero-order valence-corrected chi connectivity index (χ0v) is 17.6. The van der Waals surface area contributed by atoms with Gasteiger partial charge in [0.05, 0.1) is 23.8 Å². The van der Waals surface area contributed by atoms with Crippen molar-refractivity contribution in [3.63, 3.8) is 0 Å². The van der Waals surface area contributed by atoms with Crippen LogP contribution in [0.2, 0.25) is 0 Å². The second-order valence-electron chi connectivity index (χ2n) is 8.61. The molecule has 0 bridgehead atoms. The molecule has 1 N–H and O–H groups in total. The molecule has 3 aromatic rings. The number of aromatic nitrogens is 4. The number of nitrogens with zero attached hydrogens (tertiary/aromatic N) is 4. The summed E-state index contributed by atoms with van der Waals surface area (Å²) < 4.78 is 45.8. The van der Waals surface area contributed by atoms with Crippen molar-refractivity contribution in [2.24, 2.45) is 0 Å². The Labute approximate surface area is 182 Å². The third-order valence-corrected chi connectivity index (χ3v) is 6.46. The van der Waals surface area contributed by atoms with Crippen LogP contribution in [0.4, 0.5) is 13.2 Å². The average Bonchev–Trinajstić information content (AvgIpc) is 3.39. The van der Waals surface area contributed by atoms with Gasteiger partial charge in [-0.15, -0.1) is 0 Å². The Kier molecular flexibility index (Phi) is 5.19. The molecule has 2 aromatic heterocycles. The van der Waals surface area contributed by atoms with E-state index in [1.165, 1.54) is 12.1 Å². The van der Waals surface area contributed by atoms with E-state index in [0.29, 0.717) is 35.7 Å². The molecule has 7 nitrogen and oxygen atoms in total. The number of nitrogens with one attached hydrogen (secondary N) is 1. The molecule has 0 radical (unpaired) electrons. The number of H-pyrrole nitrogens is 1. The van der Waals surface area contributed by atoms with Gasteiger partial charge in [0.1, 0.15) is 23.1 Å². The summed E-state index contributed by atoms with van der Waals surface area (Å²) >= 11 is 0. The molecule has 0 amide bonds. The molecule has 1 saturated heterocycles. The number of halogens is 3. The zero-order chi connectivity index (χ0) is 22.5. The molecule has 2 aliphatic rings. The van der Waals surface area contributed by atoms with Gasteiger partial charge < -0.3 is 9.72 Å². The second-order valence-corrected chi connectivity index (χ2v) is 8.61. The van der Waals surface area contributed by atoms with Gasteiger partial charge in [-0.25, -0.2) is 9.67 Å². The van der Waals surface area contributed by atoms with Crippen molar-refractivity contribution in [1.82, 2.24) is 24.6 Å². The largest absolute Gasteiger partial charge is 0.488 e. The van der Waals surface area contributed by atoms with Crippen LogP contribution < -0.4 is 10.3 Å². The van der Waals surface area contributed by atoms with E-state index in [2.05, 4.69) is 15.0 Å². The summed E-state index contributed by atoms with van der Waals surface area (Å²) in [5, 5.41) is 4.93. The zero-order valence-electron chi connectivity index (χ0n) is 17.6. The summed E-state index contributed by atoms with van der Waals surface area (Å²) in [7, 11) is 0. The maximum Gasteiger partial charge on any atom is 0.416 e. The molecule has 1 saturated carbocycles. The summed E-state index contributed by atoms with van der Waals surface area (Å²) in [6, 6.07) is 4.87. The van der Waals surface area contributed by atoms with Crippen molar-refractivity contribution < 1.29 is 17.9 Å². The number of rotatable bonds is 5. The maximum absolute atomic E-state index is 12.7. The number of hydrogen-bond acceptors (Lipinski definition) is 5. The molecule has 2 fully saturated rings. The van der Waals surface area contributed by atoms with Gasteiger partial charge in [0.25, 0.3) is 5.56 Å². The molecule has 3 heterocycles. The summed E-state index contributed by atoms with van der Waals surface area (Å²) in [4.78, 5) is 22.3. The number of alkyl halides is 3. The second kappa shape index (κ2) is 7.91. The molecule has 32 heavy (non-hydrogen) atoms. The van der Waals surface area contributed by atoms with E-state index in [4.69, 9.17) is 9.72 Å². The quantitative estimate of drug-likeness (QED) is 0.638. The van der Waals surface area contributed by atoms with Crippen molar-refractivity contribution in [2.45, 2.75) is 57.0 Å². The van der Waals surface area contributed by atoms with E-state index in [1.54, 1.807) is 6.20 Å². The molecule has 0 spiro atoms.